The predicted octanol–water partition coefficient (Wildman–Crippen LogP) is 3.54. The summed E-state index contributed by atoms with van der Waals surface area (Å²) < 4.78 is 2.13. The van der Waals surface area contributed by atoms with Crippen LogP contribution in [0.25, 0.3) is 10.1 Å². The summed E-state index contributed by atoms with van der Waals surface area (Å²) in [5.74, 6) is 0. The van der Waals surface area contributed by atoms with Crippen LogP contribution in [0.4, 0.5) is 0 Å². The summed E-state index contributed by atoms with van der Waals surface area (Å²) in [5, 5.41) is 11.9. The maximum Gasteiger partial charge on any atom is 0.101 e. The van der Waals surface area contributed by atoms with Gasteiger partial charge in [-0.15, -0.1) is 11.3 Å². The van der Waals surface area contributed by atoms with Crippen LogP contribution in [0, 0.1) is 11.3 Å². The lowest BCUT2D eigenvalue weighted by molar-refractivity contribution is 1.51. The van der Waals surface area contributed by atoms with Crippen molar-refractivity contribution in [2.24, 2.45) is 0 Å². The third kappa shape index (κ3) is 1.04. The van der Waals surface area contributed by atoms with Gasteiger partial charge in [-0.3, -0.25) is 0 Å². The summed E-state index contributed by atoms with van der Waals surface area (Å²) in [6.07, 6.45) is 0. The van der Waals surface area contributed by atoms with Gasteiger partial charge in [0, 0.05) is 15.2 Å². The number of halogens is 1. The summed E-state index contributed by atoms with van der Waals surface area (Å²) in [6, 6.07) is 7.92. The largest absolute Gasteiger partial charge is 0.192 e. The van der Waals surface area contributed by atoms with E-state index in [1.807, 2.05) is 23.6 Å². The maximum absolute atomic E-state index is 8.79. The molecule has 58 valence electrons. The first kappa shape index (κ1) is 7.78. The van der Waals surface area contributed by atoms with Gasteiger partial charge in [0.05, 0.1) is 10.3 Å². The third-order valence-electron chi connectivity index (χ3n) is 1.67. The predicted molar refractivity (Wildman–Crippen MR) is 54.2 cm³/mol. The van der Waals surface area contributed by atoms with Crippen LogP contribution in [0.2, 0.25) is 0 Å². The number of nitrogens with zero attached hydrogens (tertiary/aromatic N) is 1. The van der Waals surface area contributed by atoms with Gasteiger partial charge in [-0.05, 0) is 22.0 Å². The minimum atomic E-state index is 0.753. The van der Waals surface area contributed by atoms with Gasteiger partial charge in [0.15, 0.2) is 0 Å². The average Bonchev–Trinajstić information content (AvgIpc) is 2.48. The van der Waals surface area contributed by atoms with Crippen LogP contribution in [-0.4, -0.2) is 0 Å². The highest BCUT2D eigenvalue weighted by Crippen LogP contribution is 2.31. The molecule has 1 nitrogen and oxygen atoms in total. The molecule has 0 N–H and O–H groups in total. The quantitative estimate of drug-likeness (QED) is 0.688. The van der Waals surface area contributed by atoms with E-state index in [1.165, 1.54) is 0 Å². The normalized spacial score (nSPS) is 10.0. The van der Waals surface area contributed by atoms with Crippen LogP contribution in [0.5, 0.6) is 0 Å². The second-order valence-electron chi connectivity index (χ2n) is 2.38. The molecule has 1 heterocycles. The Balaban J connectivity index is 2.92. The molecule has 0 aliphatic rings. The van der Waals surface area contributed by atoms with E-state index < -0.39 is 0 Å². The molecular formula is C9H4BrNS. The van der Waals surface area contributed by atoms with Crippen molar-refractivity contribution in [3.63, 3.8) is 0 Å². The Bertz CT molecular complexity index is 467. The fraction of sp³-hybridized carbons (Fsp3) is 0. The van der Waals surface area contributed by atoms with Crippen molar-refractivity contribution in [3.8, 4) is 6.07 Å². The summed E-state index contributed by atoms with van der Waals surface area (Å²) >= 11 is 5.03. The number of hydrogen-bond donors (Lipinski definition) is 0. The number of nitriles is 1. The number of thiophene rings is 1. The molecule has 0 aliphatic carbocycles. The SMILES string of the molecule is N#Cc1cccc2c(Br)csc12. The first-order chi connectivity index (χ1) is 5.83. The van der Waals surface area contributed by atoms with E-state index in [-0.39, 0.29) is 0 Å². The first-order valence-electron chi connectivity index (χ1n) is 3.39. The first-order valence-corrected chi connectivity index (χ1v) is 5.06. The van der Waals surface area contributed by atoms with Crippen molar-refractivity contribution < 1.29 is 0 Å². The van der Waals surface area contributed by atoms with Gasteiger partial charge in [-0.1, -0.05) is 12.1 Å². The molecule has 0 fully saturated rings. The molecule has 3 heteroatoms. The Morgan fingerprint density at radius 1 is 1.42 bits per heavy atom. The fourth-order valence-electron chi connectivity index (χ4n) is 1.11. The monoisotopic (exact) mass is 237 g/mol. The van der Waals surface area contributed by atoms with Crippen molar-refractivity contribution in [1.82, 2.24) is 0 Å². The molecule has 0 unspecified atom stereocenters. The summed E-state index contributed by atoms with van der Waals surface area (Å²) in [5.41, 5.74) is 0.753. The molecule has 0 amide bonds. The summed E-state index contributed by atoms with van der Waals surface area (Å²) in [4.78, 5) is 0. The number of fused-ring (bicyclic) bond motifs is 1. The summed E-state index contributed by atoms with van der Waals surface area (Å²) in [6.45, 7) is 0. The van der Waals surface area contributed by atoms with Gasteiger partial charge >= 0.3 is 0 Å². The Morgan fingerprint density at radius 2 is 2.25 bits per heavy atom. The van der Waals surface area contributed by atoms with Crippen LogP contribution in [-0.2, 0) is 0 Å². The molecule has 2 aromatic rings. The van der Waals surface area contributed by atoms with Crippen molar-refractivity contribution in [3.05, 3.63) is 33.6 Å². The average molecular weight is 238 g/mol. The molecule has 1 aromatic heterocycles. The van der Waals surface area contributed by atoms with Crippen LogP contribution >= 0.6 is 27.3 Å². The van der Waals surface area contributed by atoms with E-state index in [2.05, 4.69) is 22.0 Å². The van der Waals surface area contributed by atoms with Crippen LogP contribution in [0.15, 0.2) is 28.1 Å². The number of benzene rings is 1. The molecule has 0 saturated heterocycles. The van der Waals surface area contributed by atoms with E-state index in [0.29, 0.717) is 0 Å². The molecular weight excluding hydrogens is 234 g/mol. The van der Waals surface area contributed by atoms with Gasteiger partial charge in [0.2, 0.25) is 0 Å². The minimum absolute atomic E-state index is 0.753. The zero-order valence-corrected chi connectivity index (χ0v) is 8.45. The molecule has 2 rings (SSSR count). The van der Waals surface area contributed by atoms with Crippen molar-refractivity contribution in [2.75, 3.05) is 0 Å². The second-order valence-corrected chi connectivity index (χ2v) is 4.11. The molecule has 0 spiro atoms. The molecule has 0 bridgehead atoms. The van der Waals surface area contributed by atoms with Crippen LogP contribution in [0.3, 0.4) is 0 Å². The molecule has 0 atom stereocenters. The lowest BCUT2D eigenvalue weighted by atomic mass is 10.2. The highest BCUT2D eigenvalue weighted by Gasteiger charge is 2.04. The standard InChI is InChI=1S/C9H4BrNS/c10-8-5-12-9-6(4-11)2-1-3-7(8)9/h1-3,5H. The van der Waals surface area contributed by atoms with Crippen molar-refractivity contribution in [2.45, 2.75) is 0 Å². The number of hydrogen-bond acceptors (Lipinski definition) is 2. The molecule has 0 aliphatic heterocycles. The van der Waals surface area contributed by atoms with E-state index >= 15 is 0 Å². The highest BCUT2D eigenvalue weighted by molar-refractivity contribution is 9.10. The number of rotatable bonds is 0. The Kier molecular flexibility index (Phi) is 1.87. The molecule has 1 aromatic carbocycles. The van der Waals surface area contributed by atoms with Gasteiger partial charge in [0.25, 0.3) is 0 Å². The zero-order valence-electron chi connectivity index (χ0n) is 6.04. The van der Waals surface area contributed by atoms with Gasteiger partial charge in [-0.2, -0.15) is 5.26 Å². The second kappa shape index (κ2) is 2.89. The molecule has 0 radical (unpaired) electrons. The van der Waals surface area contributed by atoms with Gasteiger partial charge in [0.1, 0.15) is 6.07 Å². The van der Waals surface area contributed by atoms with Gasteiger partial charge < -0.3 is 0 Å². The molecule has 0 saturated carbocycles. The van der Waals surface area contributed by atoms with Crippen molar-refractivity contribution in [1.29, 1.82) is 5.26 Å². The Hall–Kier alpha value is -0.850. The van der Waals surface area contributed by atoms with E-state index in [1.54, 1.807) is 11.3 Å². The van der Waals surface area contributed by atoms with E-state index in [4.69, 9.17) is 5.26 Å². The highest BCUT2D eigenvalue weighted by atomic mass is 79.9. The third-order valence-corrected chi connectivity index (χ3v) is 3.66. The minimum Gasteiger partial charge on any atom is -0.192 e. The van der Waals surface area contributed by atoms with E-state index in [0.717, 1.165) is 20.1 Å². The lowest BCUT2D eigenvalue weighted by Gasteiger charge is -1.91. The molecule has 12 heavy (non-hydrogen) atoms. The zero-order chi connectivity index (χ0) is 8.55. The van der Waals surface area contributed by atoms with Crippen molar-refractivity contribution >= 4 is 37.4 Å². The smallest absolute Gasteiger partial charge is 0.101 e. The van der Waals surface area contributed by atoms with Crippen LogP contribution in [0.1, 0.15) is 5.56 Å². The Morgan fingerprint density at radius 3 is 3.00 bits per heavy atom. The maximum atomic E-state index is 8.79. The summed E-state index contributed by atoms with van der Waals surface area (Å²) in [7, 11) is 0. The topological polar surface area (TPSA) is 23.8 Å². The van der Waals surface area contributed by atoms with Crippen LogP contribution < -0.4 is 0 Å². The fourth-order valence-corrected chi connectivity index (χ4v) is 2.75. The lowest BCUT2D eigenvalue weighted by Crippen LogP contribution is -1.71. The Labute approximate surface area is 82.4 Å². The van der Waals surface area contributed by atoms with Gasteiger partial charge in [-0.25, -0.2) is 0 Å². The van der Waals surface area contributed by atoms with E-state index in [9.17, 15) is 0 Å².